The average Bonchev–Trinajstić information content (AvgIpc) is 2.78. The van der Waals surface area contributed by atoms with Crippen LogP contribution in [0.3, 0.4) is 0 Å². The van der Waals surface area contributed by atoms with Gasteiger partial charge in [0.05, 0.1) is 0 Å². The van der Waals surface area contributed by atoms with Crippen molar-refractivity contribution in [3.05, 3.63) is 11.9 Å². The SMILES string of the molecule is CNc1ncnc(N2CCC(C(C)C)C2)c1C. The summed E-state index contributed by atoms with van der Waals surface area (Å²) in [6.45, 7) is 8.94. The van der Waals surface area contributed by atoms with E-state index in [9.17, 15) is 0 Å². The highest BCUT2D eigenvalue weighted by Gasteiger charge is 2.27. The molecule has 1 aromatic heterocycles. The Kier molecular flexibility index (Phi) is 3.50. The van der Waals surface area contributed by atoms with Gasteiger partial charge in [0.1, 0.15) is 18.0 Å². The molecular formula is C13H22N4. The van der Waals surface area contributed by atoms with Crippen LogP contribution in [-0.2, 0) is 0 Å². The van der Waals surface area contributed by atoms with Crippen molar-refractivity contribution in [2.45, 2.75) is 27.2 Å². The first-order valence-corrected chi connectivity index (χ1v) is 6.37. The number of rotatable bonds is 3. The molecule has 1 atom stereocenters. The van der Waals surface area contributed by atoms with Crippen LogP contribution in [0.5, 0.6) is 0 Å². The first-order valence-electron chi connectivity index (χ1n) is 6.37. The minimum Gasteiger partial charge on any atom is -0.373 e. The van der Waals surface area contributed by atoms with Crippen molar-refractivity contribution in [2.24, 2.45) is 11.8 Å². The molecule has 4 heteroatoms. The largest absolute Gasteiger partial charge is 0.373 e. The van der Waals surface area contributed by atoms with Gasteiger partial charge in [-0.3, -0.25) is 0 Å². The van der Waals surface area contributed by atoms with E-state index in [1.165, 1.54) is 6.42 Å². The monoisotopic (exact) mass is 234 g/mol. The van der Waals surface area contributed by atoms with Gasteiger partial charge in [-0.15, -0.1) is 0 Å². The quantitative estimate of drug-likeness (QED) is 0.871. The lowest BCUT2D eigenvalue weighted by atomic mass is 9.95. The molecule has 94 valence electrons. The minimum atomic E-state index is 0.755. The lowest BCUT2D eigenvalue weighted by molar-refractivity contribution is 0.422. The van der Waals surface area contributed by atoms with Gasteiger partial charge in [-0.1, -0.05) is 13.8 Å². The van der Waals surface area contributed by atoms with Gasteiger partial charge in [0, 0.05) is 25.7 Å². The second-order valence-corrected chi connectivity index (χ2v) is 5.16. The Morgan fingerprint density at radius 2 is 2.18 bits per heavy atom. The third-order valence-electron chi connectivity index (χ3n) is 3.76. The maximum atomic E-state index is 4.44. The van der Waals surface area contributed by atoms with E-state index in [1.54, 1.807) is 6.33 Å². The molecule has 4 nitrogen and oxygen atoms in total. The van der Waals surface area contributed by atoms with Crippen LogP contribution in [0, 0.1) is 18.8 Å². The summed E-state index contributed by atoms with van der Waals surface area (Å²) in [5, 5.41) is 3.12. The molecular weight excluding hydrogens is 212 g/mol. The zero-order chi connectivity index (χ0) is 12.4. The summed E-state index contributed by atoms with van der Waals surface area (Å²) in [6.07, 6.45) is 2.92. The molecule has 1 aromatic rings. The van der Waals surface area contributed by atoms with Gasteiger partial charge >= 0.3 is 0 Å². The zero-order valence-corrected chi connectivity index (χ0v) is 11.2. The predicted molar refractivity (Wildman–Crippen MR) is 71.5 cm³/mol. The number of aromatic nitrogens is 2. The van der Waals surface area contributed by atoms with Gasteiger partial charge in [0.15, 0.2) is 0 Å². The summed E-state index contributed by atoms with van der Waals surface area (Å²) >= 11 is 0. The van der Waals surface area contributed by atoms with Crippen LogP contribution in [0.1, 0.15) is 25.8 Å². The van der Waals surface area contributed by atoms with Gasteiger partial charge in [0.25, 0.3) is 0 Å². The number of anilines is 2. The molecule has 0 radical (unpaired) electrons. The first kappa shape index (κ1) is 12.1. The highest BCUT2D eigenvalue weighted by atomic mass is 15.2. The summed E-state index contributed by atoms with van der Waals surface area (Å²) in [5.74, 6) is 3.57. The van der Waals surface area contributed by atoms with Crippen LogP contribution < -0.4 is 10.2 Å². The van der Waals surface area contributed by atoms with Crippen molar-refractivity contribution >= 4 is 11.6 Å². The molecule has 1 aliphatic heterocycles. The molecule has 1 fully saturated rings. The summed E-state index contributed by atoms with van der Waals surface area (Å²) in [4.78, 5) is 11.1. The van der Waals surface area contributed by atoms with Gasteiger partial charge in [-0.2, -0.15) is 0 Å². The van der Waals surface area contributed by atoms with Crippen LogP contribution in [-0.4, -0.2) is 30.1 Å². The normalized spacial score (nSPS) is 20.1. The maximum absolute atomic E-state index is 4.44. The smallest absolute Gasteiger partial charge is 0.137 e. The van der Waals surface area contributed by atoms with E-state index in [0.29, 0.717) is 0 Å². The molecule has 0 aliphatic carbocycles. The average molecular weight is 234 g/mol. The van der Waals surface area contributed by atoms with Crippen molar-refractivity contribution in [1.82, 2.24) is 9.97 Å². The molecule has 0 bridgehead atoms. The molecule has 1 saturated heterocycles. The Hall–Kier alpha value is -1.32. The lowest BCUT2D eigenvalue weighted by Gasteiger charge is -2.21. The number of hydrogen-bond donors (Lipinski definition) is 1. The summed E-state index contributed by atoms with van der Waals surface area (Å²) in [6, 6.07) is 0. The second kappa shape index (κ2) is 4.90. The fraction of sp³-hybridized carbons (Fsp3) is 0.692. The fourth-order valence-electron chi connectivity index (χ4n) is 2.54. The van der Waals surface area contributed by atoms with Gasteiger partial charge in [-0.05, 0) is 25.2 Å². The molecule has 0 aromatic carbocycles. The fourth-order valence-corrected chi connectivity index (χ4v) is 2.54. The molecule has 1 N–H and O–H groups in total. The Labute approximate surface area is 103 Å². The van der Waals surface area contributed by atoms with Crippen LogP contribution in [0.25, 0.3) is 0 Å². The molecule has 2 rings (SSSR count). The molecule has 0 saturated carbocycles. The number of nitrogens with zero attached hydrogens (tertiary/aromatic N) is 3. The van der Waals surface area contributed by atoms with Crippen LogP contribution in [0.15, 0.2) is 6.33 Å². The zero-order valence-electron chi connectivity index (χ0n) is 11.2. The van der Waals surface area contributed by atoms with Crippen LogP contribution in [0.4, 0.5) is 11.6 Å². The van der Waals surface area contributed by atoms with Crippen LogP contribution >= 0.6 is 0 Å². The van der Waals surface area contributed by atoms with Crippen molar-refractivity contribution in [1.29, 1.82) is 0 Å². The summed E-state index contributed by atoms with van der Waals surface area (Å²) in [5.41, 5.74) is 1.15. The van der Waals surface area contributed by atoms with E-state index in [1.807, 2.05) is 7.05 Å². The second-order valence-electron chi connectivity index (χ2n) is 5.16. The van der Waals surface area contributed by atoms with Crippen molar-refractivity contribution in [3.63, 3.8) is 0 Å². The Balaban J connectivity index is 2.19. The molecule has 0 spiro atoms. The predicted octanol–water partition coefficient (Wildman–Crippen LogP) is 2.31. The van der Waals surface area contributed by atoms with E-state index >= 15 is 0 Å². The topological polar surface area (TPSA) is 41.1 Å². The first-order chi connectivity index (χ1) is 8.13. The summed E-state index contributed by atoms with van der Waals surface area (Å²) < 4.78 is 0. The Bertz CT molecular complexity index is 389. The molecule has 17 heavy (non-hydrogen) atoms. The molecule has 0 amide bonds. The standard InChI is InChI=1S/C13H22N4/c1-9(2)11-5-6-17(7-11)13-10(3)12(14-4)15-8-16-13/h8-9,11H,5-7H2,1-4H3,(H,14,15,16). The Morgan fingerprint density at radius 3 is 2.76 bits per heavy atom. The molecule has 1 aliphatic rings. The number of hydrogen-bond acceptors (Lipinski definition) is 4. The van der Waals surface area contributed by atoms with E-state index in [2.05, 4.69) is 41.0 Å². The third-order valence-corrected chi connectivity index (χ3v) is 3.76. The maximum Gasteiger partial charge on any atom is 0.137 e. The van der Waals surface area contributed by atoms with Gasteiger partial charge in [0.2, 0.25) is 0 Å². The Morgan fingerprint density at radius 1 is 1.41 bits per heavy atom. The minimum absolute atomic E-state index is 0.755. The van der Waals surface area contributed by atoms with E-state index in [4.69, 9.17) is 0 Å². The van der Waals surface area contributed by atoms with Crippen molar-refractivity contribution < 1.29 is 0 Å². The third kappa shape index (κ3) is 2.35. The van der Waals surface area contributed by atoms with E-state index < -0.39 is 0 Å². The van der Waals surface area contributed by atoms with Gasteiger partial charge in [-0.25, -0.2) is 9.97 Å². The van der Waals surface area contributed by atoms with Crippen molar-refractivity contribution in [2.75, 3.05) is 30.4 Å². The van der Waals surface area contributed by atoms with E-state index in [-0.39, 0.29) is 0 Å². The van der Waals surface area contributed by atoms with E-state index in [0.717, 1.165) is 42.1 Å². The van der Waals surface area contributed by atoms with Crippen molar-refractivity contribution in [3.8, 4) is 0 Å². The highest BCUT2D eigenvalue weighted by Crippen LogP contribution is 2.30. The highest BCUT2D eigenvalue weighted by molar-refractivity contribution is 5.58. The summed E-state index contributed by atoms with van der Waals surface area (Å²) in [7, 11) is 1.90. The number of nitrogens with one attached hydrogen (secondary N) is 1. The molecule has 2 heterocycles. The molecule has 1 unspecified atom stereocenters. The van der Waals surface area contributed by atoms with Crippen LogP contribution in [0.2, 0.25) is 0 Å². The lowest BCUT2D eigenvalue weighted by Crippen LogP contribution is -2.23. The van der Waals surface area contributed by atoms with Gasteiger partial charge < -0.3 is 10.2 Å².